The molecule has 0 radical (unpaired) electrons. The van der Waals surface area contributed by atoms with Crippen molar-refractivity contribution in [1.29, 1.82) is 0 Å². The smallest absolute Gasteiger partial charge is 0.0303 e. The SMILES string of the molecule is CCCC=CC(C=CCCCCC)=CCC(C)CCCC. The van der Waals surface area contributed by atoms with Gasteiger partial charge in [0.2, 0.25) is 0 Å². The zero-order chi connectivity index (χ0) is 15.8. The van der Waals surface area contributed by atoms with Crippen molar-refractivity contribution >= 4 is 0 Å². The van der Waals surface area contributed by atoms with Crippen LogP contribution in [0.1, 0.15) is 91.9 Å². The molecule has 0 saturated carbocycles. The molecule has 0 heterocycles. The zero-order valence-electron chi connectivity index (χ0n) is 15.0. The molecule has 0 N–H and O–H groups in total. The maximum atomic E-state index is 2.43. The van der Waals surface area contributed by atoms with Crippen LogP contribution in [0.15, 0.2) is 36.0 Å². The summed E-state index contributed by atoms with van der Waals surface area (Å²) < 4.78 is 0. The van der Waals surface area contributed by atoms with Gasteiger partial charge in [-0.3, -0.25) is 0 Å². The van der Waals surface area contributed by atoms with Gasteiger partial charge in [0.1, 0.15) is 0 Å². The molecular formula is C21H38. The van der Waals surface area contributed by atoms with Gasteiger partial charge in [-0.05, 0) is 37.2 Å². The van der Waals surface area contributed by atoms with E-state index in [1.165, 1.54) is 69.8 Å². The minimum absolute atomic E-state index is 0.813. The molecule has 0 saturated heterocycles. The molecule has 0 fully saturated rings. The second-order valence-electron chi connectivity index (χ2n) is 6.28. The Bertz CT molecular complexity index is 293. The molecule has 21 heavy (non-hydrogen) atoms. The van der Waals surface area contributed by atoms with Gasteiger partial charge < -0.3 is 0 Å². The fourth-order valence-corrected chi connectivity index (χ4v) is 2.32. The number of rotatable bonds is 13. The van der Waals surface area contributed by atoms with E-state index in [4.69, 9.17) is 0 Å². The van der Waals surface area contributed by atoms with Crippen molar-refractivity contribution in [3.63, 3.8) is 0 Å². The first-order valence-corrected chi connectivity index (χ1v) is 9.27. The molecule has 0 nitrogen and oxygen atoms in total. The largest absolute Gasteiger partial charge is 0.0840 e. The van der Waals surface area contributed by atoms with Crippen molar-refractivity contribution in [2.75, 3.05) is 0 Å². The predicted octanol–water partition coefficient (Wildman–Crippen LogP) is 7.62. The van der Waals surface area contributed by atoms with Crippen LogP contribution in [-0.2, 0) is 0 Å². The highest BCUT2D eigenvalue weighted by molar-refractivity contribution is 5.30. The van der Waals surface area contributed by atoms with Crippen LogP contribution < -0.4 is 0 Å². The molecule has 0 spiro atoms. The normalized spacial score (nSPS) is 14.4. The molecule has 0 aromatic heterocycles. The van der Waals surface area contributed by atoms with Gasteiger partial charge in [-0.2, -0.15) is 0 Å². The lowest BCUT2D eigenvalue weighted by Gasteiger charge is -2.07. The van der Waals surface area contributed by atoms with E-state index in [2.05, 4.69) is 58.1 Å². The number of unbranched alkanes of at least 4 members (excludes halogenated alkanes) is 5. The lowest BCUT2D eigenvalue weighted by Crippen LogP contribution is -1.92. The van der Waals surface area contributed by atoms with Crippen LogP contribution in [0.25, 0.3) is 0 Å². The molecule has 122 valence electrons. The van der Waals surface area contributed by atoms with Gasteiger partial charge in [-0.25, -0.2) is 0 Å². The first-order chi connectivity index (χ1) is 10.2. The summed E-state index contributed by atoms with van der Waals surface area (Å²) in [5, 5.41) is 0. The first-order valence-electron chi connectivity index (χ1n) is 9.27. The van der Waals surface area contributed by atoms with Gasteiger partial charge in [0.25, 0.3) is 0 Å². The van der Waals surface area contributed by atoms with Crippen molar-refractivity contribution < 1.29 is 0 Å². The van der Waals surface area contributed by atoms with E-state index in [0.717, 1.165) is 5.92 Å². The molecule has 0 bridgehead atoms. The maximum absolute atomic E-state index is 2.43. The summed E-state index contributed by atoms with van der Waals surface area (Å²) in [6.07, 6.45) is 24.6. The van der Waals surface area contributed by atoms with Crippen molar-refractivity contribution in [3.05, 3.63) is 36.0 Å². The number of allylic oxidation sites excluding steroid dienone is 6. The molecule has 0 heteroatoms. The monoisotopic (exact) mass is 290 g/mol. The Hall–Kier alpha value is -0.780. The summed E-state index contributed by atoms with van der Waals surface area (Å²) in [5.74, 6) is 0.813. The van der Waals surface area contributed by atoms with E-state index in [1.54, 1.807) is 0 Å². The van der Waals surface area contributed by atoms with Gasteiger partial charge in [-0.15, -0.1) is 0 Å². The number of hydrogen-bond acceptors (Lipinski definition) is 0. The summed E-state index contributed by atoms with van der Waals surface area (Å²) in [6, 6.07) is 0. The van der Waals surface area contributed by atoms with Gasteiger partial charge >= 0.3 is 0 Å². The van der Waals surface area contributed by atoms with E-state index in [9.17, 15) is 0 Å². The average molecular weight is 291 g/mol. The van der Waals surface area contributed by atoms with Crippen molar-refractivity contribution in [3.8, 4) is 0 Å². The highest BCUT2D eigenvalue weighted by atomic mass is 14.0. The second-order valence-corrected chi connectivity index (χ2v) is 6.28. The highest BCUT2D eigenvalue weighted by Crippen LogP contribution is 2.15. The summed E-state index contributed by atoms with van der Waals surface area (Å²) >= 11 is 0. The minimum Gasteiger partial charge on any atom is -0.0840 e. The van der Waals surface area contributed by atoms with Gasteiger partial charge in [0.15, 0.2) is 0 Å². The quantitative estimate of drug-likeness (QED) is 0.242. The standard InChI is InChI=1S/C21H38/c1-5-8-11-12-14-17-21(16-13-9-6-2)19-18-20(4)15-10-7-3/h13-14,16-17,19-20H,5-12,15,18H2,1-4H3. The summed E-state index contributed by atoms with van der Waals surface area (Å²) in [7, 11) is 0. The third-order valence-corrected chi connectivity index (χ3v) is 3.86. The van der Waals surface area contributed by atoms with Gasteiger partial charge in [0.05, 0.1) is 0 Å². The fraction of sp³-hybridized carbons (Fsp3) is 0.714. The average Bonchev–Trinajstić information content (AvgIpc) is 2.49. The molecular weight excluding hydrogens is 252 g/mol. The van der Waals surface area contributed by atoms with Gasteiger partial charge in [-0.1, -0.05) is 96.6 Å². The van der Waals surface area contributed by atoms with Crippen LogP contribution in [-0.4, -0.2) is 0 Å². The van der Waals surface area contributed by atoms with Crippen LogP contribution in [0.5, 0.6) is 0 Å². The molecule has 0 rings (SSSR count). The summed E-state index contributed by atoms with van der Waals surface area (Å²) in [5.41, 5.74) is 1.41. The van der Waals surface area contributed by atoms with Crippen molar-refractivity contribution in [1.82, 2.24) is 0 Å². The molecule has 0 amide bonds. The Morgan fingerprint density at radius 1 is 0.810 bits per heavy atom. The highest BCUT2D eigenvalue weighted by Gasteiger charge is 1.99. The second kappa shape index (κ2) is 15.6. The molecule has 0 aliphatic heterocycles. The first kappa shape index (κ1) is 20.2. The Morgan fingerprint density at radius 2 is 1.48 bits per heavy atom. The maximum Gasteiger partial charge on any atom is -0.0303 e. The molecule has 1 atom stereocenters. The molecule has 1 unspecified atom stereocenters. The van der Waals surface area contributed by atoms with E-state index in [-0.39, 0.29) is 0 Å². The Kier molecular flexibility index (Phi) is 15.0. The molecule has 0 aromatic rings. The number of hydrogen-bond donors (Lipinski definition) is 0. The lowest BCUT2D eigenvalue weighted by atomic mass is 9.99. The third kappa shape index (κ3) is 13.9. The minimum atomic E-state index is 0.813. The van der Waals surface area contributed by atoms with Crippen LogP contribution in [0.4, 0.5) is 0 Å². The summed E-state index contributed by atoms with van der Waals surface area (Å²) in [6.45, 7) is 9.16. The third-order valence-electron chi connectivity index (χ3n) is 3.86. The van der Waals surface area contributed by atoms with E-state index >= 15 is 0 Å². The Balaban J connectivity index is 4.35. The van der Waals surface area contributed by atoms with Crippen molar-refractivity contribution in [2.45, 2.75) is 91.9 Å². The molecule has 0 aromatic carbocycles. The van der Waals surface area contributed by atoms with Crippen LogP contribution >= 0.6 is 0 Å². The van der Waals surface area contributed by atoms with Gasteiger partial charge in [0, 0.05) is 0 Å². The van der Waals surface area contributed by atoms with E-state index in [0.29, 0.717) is 0 Å². The molecule has 0 aliphatic carbocycles. The van der Waals surface area contributed by atoms with Crippen LogP contribution in [0.3, 0.4) is 0 Å². The topological polar surface area (TPSA) is 0 Å². The zero-order valence-corrected chi connectivity index (χ0v) is 15.0. The lowest BCUT2D eigenvalue weighted by molar-refractivity contribution is 0.511. The Morgan fingerprint density at radius 3 is 2.10 bits per heavy atom. The molecule has 0 aliphatic rings. The van der Waals surface area contributed by atoms with E-state index in [1.807, 2.05) is 0 Å². The van der Waals surface area contributed by atoms with Crippen LogP contribution in [0, 0.1) is 5.92 Å². The van der Waals surface area contributed by atoms with Crippen LogP contribution in [0.2, 0.25) is 0 Å². The predicted molar refractivity (Wildman–Crippen MR) is 98.7 cm³/mol. The fourth-order valence-electron chi connectivity index (χ4n) is 2.32. The van der Waals surface area contributed by atoms with E-state index < -0.39 is 0 Å². The Labute approximate surface area is 134 Å². The summed E-state index contributed by atoms with van der Waals surface area (Å²) in [4.78, 5) is 0. The van der Waals surface area contributed by atoms with Crippen molar-refractivity contribution in [2.24, 2.45) is 5.92 Å².